The Bertz CT molecular complexity index is 297. The molecule has 22 heavy (non-hydrogen) atoms. The highest BCUT2D eigenvalue weighted by Gasteiger charge is 2.38. The standard InChI is InChI=1S/C22H38/c1-16(10-17-12-19-6-2-3-7-20(19)13-17)11-18-14-21-8-4-5-9-22(21)15-18/h16-22H,2-15H2,1H3. The van der Waals surface area contributed by atoms with E-state index in [2.05, 4.69) is 6.92 Å². The molecule has 0 radical (unpaired) electrons. The van der Waals surface area contributed by atoms with Gasteiger partial charge in [0.05, 0.1) is 0 Å². The molecule has 4 atom stereocenters. The van der Waals surface area contributed by atoms with Gasteiger partial charge in [-0.05, 0) is 80.0 Å². The first-order valence-electron chi connectivity index (χ1n) is 10.8. The molecule has 0 bridgehead atoms. The second-order valence-electron chi connectivity index (χ2n) is 9.86. The van der Waals surface area contributed by atoms with Crippen LogP contribution in [0.4, 0.5) is 0 Å². The summed E-state index contributed by atoms with van der Waals surface area (Å²) in [5.74, 6) is 7.77. The molecule has 0 nitrogen and oxygen atoms in total. The molecule has 4 rings (SSSR count). The molecule has 0 aromatic carbocycles. The van der Waals surface area contributed by atoms with E-state index < -0.39 is 0 Å². The minimum atomic E-state index is 1.01. The highest BCUT2D eigenvalue weighted by atomic mass is 14.4. The molecule has 4 fully saturated rings. The fourth-order valence-electron chi connectivity index (χ4n) is 7.33. The summed E-state index contributed by atoms with van der Waals surface area (Å²) in [6, 6.07) is 0. The Hall–Kier alpha value is 0. The summed E-state index contributed by atoms with van der Waals surface area (Å²) in [5, 5.41) is 0. The molecule has 0 amide bonds. The third kappa shape index (κ3) is 3.41. The van der Waals surface area contributed by atoms with Crippen molar-refractivity contribution in [2.75, 3.05) is 0 Å². The maximum atomic E-state index is 2.59. The number of fused-ring (bicyclic) bond motifs is 2. The molecule has 0 heterocycles. The molecular formula is C22H38. The van der Waals surface area contributed by atoms with Crippen molar-refractivity contribution in [1.29, 1.82) is 0 Å². The molecule has 4 saturated carbocycles. The third-order valence-corrected chi connectivity index (χ3v) is 8.15. The molecule has 4 aliphatic rings. The lowest BCUT2D eigenvalue weighted by molar-refractivity contribution is 0.277. The van der Waals surface area contributed by atoms with E-state index in [1.54, 1.807) is 64.2 Å². The average molecular weight is 303 g/mol. The fourth-order valence-corrected chi connectivity index (χ4v) is 7.33. The maximum absolute atomic E-state index is 2.59. The molecule has 0 saturated heterocycles. The van der Waals surface area contributed by atoms with Crippen molar-refractivity contribution in [3.05, 3.63) is 0 Å². The van der Waals surface area contributed by atoms with Gasteiger partial charge in [-0.15, -0.1) is 0 Å². The molecule has 4 aliphatic carbocycles. The first kappa shape index (κ1) is 15.5. The molecular weight excluding hydrogens is 264 g/mol. The summed E-state index contributed by atoms with van der Waals surface area (Å²) in [7, 11) is 0. The fraction of sp³-hybridized carbons (Fsp3) is 1.00. The van der Waals surface area contributed by atoms with E-state index in [0.29, 0.717) is 0 Å². The molecule has 4 unspecified atom stereocenters. The van der Waals surface area contributed by atoms with E-state index in [1.165, 1.54) is 25.7 Å². The van der Waals surface area contributed by atoms with Crippen LogP contribution in [0.1, 0.15) is 96.8 Å². The SMILES string of the molecule is CC(CC1CC2CCCCC2C1)CC1CC2CCCCC2C1. The summed E-state index contributed by atoms with van der Waals surface area (Å²) in [5.41, 5.74) is 0. The Morgan fingerprint density at radius 2 is 0.909 bits per heavy atom. The number of rotatable bonds is 4. The molecule has 0 aromatic rings. The zero-order chi connectivity index (χ0) is 14.9. The number of hydrogen-bond acceptors (Lipinski definition) is 0. The van der Waals surface area contributed by atoms with Crippen LogP contribution in [-0.2, 0) is 0 Å². The average Bonchev–Trinajstić information content (AvgIpc) is 3.08. The Kier molecular flexibility index (Phi) is 4.84. The van der Waals surface area contributed by atoms with Crippen LogP contribution in [0.2, 0.25) is 0 Å². The van der Waals surface area contributed by atoms with Crippen LogP contribution >= 0.6 is 0 Å². The highest BCUT2D eigenvalue weighted by Crippen LogP contribution is 2.49. The Balaban J connectivity index is 1.22. The summed E-state index contributed by atoms with van der Waals surface area (Å²) >= 11 is 0. The summed E-state index contributed by atoms with van der Waals surface area (Å²) in [6.45, 7) is 2.59. The van der Waals surface area contributed by atoms with Crippen molar-refractivity contribution in [2.24, 2.45) is 41.4 Å². The zero-order valence-corrected chi connectivity index (χ0v) is 14.9. The van der Waals surface area contributed by atoms with Crippen molar-refractivity contribution in [2.45, 2.75) is 96.8 Å². The van der Waals surface area contributed by atoms with Crippen LogP contribution in [0.3, 0.4) is 0 Å². The Morgan fingerprint density at radius 3 is 1.23 bits per heavy atom. The highest BCUT2D eigenvalue weighted by molar-refractivity contribution is 4.89. The summed E-state index contributed by atoms with van der Waals surface area (Å²) in [6.07, 6.45) is 22.0. The Labute approximate surface area is 138 Å². The van der Waals surface area contributed by atoms with Crippen molar-refractivity contribution in [3.63, 3.8) is 0 Å². The van der Waals surface area contributed by atoms with Gasteiger partial charge in [-0.2, -0.15) is 0 Å². The first-order chi connectivity index (χ1) is 10.8. The summed E-state index contributed by atoms with van der Waals surface area (Å²) in [4.78, 5) is 0. The molecule has 0 aliphatic heterocycles. The van der Waals surface area contributed by atoms with Crippen LogP contribution in [0.15, 0.2) is 0 Å². The predicted molar refractivity (Wildman–Crippen MR) is 94.7 cm³/mol. The van der Waals surface area contributed by atoms with Gasteiger partial charge < -0.3 is 0 Å². The van der Waals surface area contributed by atoms with Crippen LogP contribution in [0.25, 0.3) is 0 Å². The van der Waals surface area contributed by atoms with Gasteiger partial charge in [0.1, 0.15) is 0 Å². The summed E-state index contributed by atoms with van der Waals surface area (Å²) < 4.78 is 0. The second kappa shape index (κ2) is 6.86. The molecule has 0 heteroatoms. The molecule has 126 valence electrons. The van der Waals surface area contributed by atoms with Gasteiger partial charge in [0, 0.05) is 0 Å². The predicted octanol–water partition coefficient (Wildman–Crippen LogP) is 6.84. The van der Waals surface area contributed by atoms with Crippen LogP contribution in [0.5, 0.6) is 0 Å². The van der Waals surface area contributed by atoms with Crippen LogP contribution in [-0.4, -0.2) is 0 Å². The minimum Gasteiger partial charge on any atom is -0.0625 e. The topological polar surface area (TPSA) is 0 Å². The van der Waals surface area contributed by atoms with Gasteiger partial charge in [-0.3, -0.25) is 0 Å². The van der Waals surface area contributed by atoms with Crippen LogP contribution in [0, 0.1) is 41.4 Å². The largest absolute Gasteiger partial charge is 0.0625 e. The van der Waals surface area contributed by atoms with E-state index in [4.69, 9.17) is 0 Å². The van der Waals surface area contributed by atoms with Gasteiger partial charge >= 0.3 is 0 Å². The second-order valence-corrected chi connectivity index (χ2v) is 9.86. The molecule has 0 N–H and O–H groups in total. The van der Waals surface area contributed by atoms with Gasteiger partial charge in [0.2, 0.25) is 0 Å². The lowest BCUT2D eigenvalue weighted by Gasteiger charge is -2.24. The normalized spacial score (nSPS) is 46.2. The van der Waals surface area contributed by atoms with E-state index in [1.807, 2.05) is 0 Å². The molecule has 0 spiro atoms. The van der Waals surface area contributed by atoms with E-state index in [0.717, 1.165) is 41.4 Å². The van der Waals surface area contributed by atoms with Gasteiger partial charge in [-0.1, -0.05) is 58.3 Å². The lowest BCUT2D eigenvalue weighted by Crippen LogP contribution is -2.12. The third-order valence-electron chi connectivity index (χ3n) is 8.15. The van der Waals surface area contributed by atoms with E-state index >= 15 is 0 Å². The lowest BCUT2D eigenvalue weighted by atomic mass is 9.82. The molecule has 0 aromatic heterocycles. The smallest absolute Gasteiger partial charge is 0.0383 e. The maximum Gasteiger partial charge on any atom is -0.0383 e. The first-order valence-corrected chi connectivity index (χ1v) is 10.8. The zero-order valence-electron chi connectivity index (χ0n) is 14.9. The van der Waals surface area contributed by atoms with Crippen LogP contribution < -0.4 is 0 Å². The van der Waals surface area contributed by atoms with Gasteiger partial charge in [0.25, 0.3) is 0 Å². The number of hydrogen-bond donors (Lipinski definition) is 0. The van der Waals surface area contributed by atoms with E-state index in [9.17, 15) is 0 Å². The van der Waals surface area contributed by atoms with Crippen molar-refractivity contribution in [3.8, 4) is 0 Å². The van der Waals surface area contributed by atoms with Crippen molar-refractivity contribution in [1.82, 2.24) is 0 Å². The van der Waals surface area contributed by atoms with Gasteiger partial charge in [0.15, 0.2) is 0 Å². The Morgan fingerprint density at radius 1 is 0.591 bits per heavy atom. The van der Waals surface area contributed by atoms with Gasteiger partial charge in [-0.25, -0.2) is 0 Å². The minimum absolute atomic E-state index is 1.01. The van der Waals surface area contributed by atoms with E-state index in [-0.39, 0.29) is 0 Å². The monoisotopic (exact) mass is 302 g/mol. The van der Waals surface area contributed by atoms with Crippen molar-refractivity contribution >= 4 is 0 Å². The quantitative estimate of drug-likeness (QED) is 0.533. The van der Waals surface area contributed by atoms with Crippen molar-refractivity contribution < 1.29 is 0 Å².